The number of rotatable bonds is 1. The summed E-state index contributed by atoms with van der Waals surface area (Å²) in [4.78, 5) is 3.70. The van der Waals surface area contributed by atoms with E-state index in [1.807, 2.05) is 0 Å². The van der Waals surface area contributed by atoms with Crippen LogP contribution in [0.3, 0.4) is 0 Å². The molecule has 0 bridgehead atoms. The lowest BCUT2D eigenvalue weighted by Gasteiger charge is -2.41. The van der Waals surface area contributed by atoms with E-state index in [4.69, 9.17) is 0 Å². The Morgan fingerprint density at radius 3 is 2.48 bits per heavy atom. The fraction of sp³-hybridized carbons (Fsp3) is 0.263. The number of benzene rings is 2. The molecule has 4 rings (SSSR count). The van der Waals surface area contributed by atoms with Crippen molar-refractivity contribution in [2.24, 2.45) is 0 Å². The van der Waals surface area contributed by atoms with E-state index in [0.29, 0.717) is 6.04 Å². The van der Waals surface area contributed by atoms with Crippen LogP contribution >= 0.6 is 0 Å². The van der Waals surface area contributed by atoms with E-state index in [-0.39, 0.29) is 0 Å². The number of fused-ring (bicyclic) bond motifs is 3. The second-order valence-electron chi connectivity index (χ2n) is 6.63. The first-order valence-corrected chi connectivity index (χ1v) is 7.64. The van der Waals surface area contributed by atoms with Crippen LogP contribution in [0.2, 0.25) is 0 Å². The van der Waals surface area contributed by atoms with Gasteiger partial charge in [-0.05, 0) is 11.6 Å². The molecule has 21 heavy (non-hydrogen) atoms. The van der Waals surface area contributed by atoms with E-state index in [1.54, 1.807) is 0 Å². The van der Waals surface area contributed by atoms with E-state index in [1.165, 1.54) is 34.3 Å². The molecule has 1 unspecified atom stereocenters. The number of aromatic amines is 1. The van der Waals surface area contributed by atoms with Crippen LogP contribution in [-0.2, 0) is 6.42 Å². The Bertz CT molecular complexity index is 784. The number of nitrogens with one attached hydrogen (secondary N) is 1. The van der Waals surface area contributed by atoms with Gasteiger partial charge in [0.1, 0.15) is 0 Å². The van der Waals surface area contributed by atoms with Gasteiger partial charge in [0.2, 0.25) is 0 Å². The molecule has 0 spiro atoms. The standard InChI is InChI=1S/C19H21N2/c1-21(2)13-12-16-15-10-6-7-11-17(15)20-18(16)19(21)14-8-4-3-5-9-14/h3-11,19-20H,12-13H2,1-2H3/q+1. The van der Waals surface area contributed by atoms with Crippen LogP contribution in [0.5, 0.6) is 0 Å². The summed E-state index contributed by atoms with van der Waals surface area (Å²) in [7, 11) is 4.68. The Morgan fingerprint density at radius 1 is 0.952 bits per heavy atom. The summed E-state index contributed by atoms with van der Waals surface area (Å²) in [6, 6.07) is 20.0. The quantitative estimate of drug-likeness (QED) is 0.650. The second-order valence-corrected chi connectivity index (χ2v) is 6.63. The lowest BCUT2D eigenvalue weighted by Crippen LogP contribution is -2.48. The van der Waals surface area contributed by atoms with Crippen LogP contribution < -0.4 is 0 Å². The Labute approximate surface area is 125 Å². The van der Waals surface area contributed by atoms with Crippen molar-refractivity contribution in [1.82, 2.24) is 4.98 Å². The van der Waals surface area contributed by atoms with E-state index < -0.39 is 0 Å². The molecule has 3 aromatic rings. The molecule has 2 aromatic carbocycles. The third kappa shape index (κ3) is 1.90. The molecule has 1 atom stereocenters. The molecule has 0 radical (unpaired) electrons. The summed E-state index contributed by atoms with van der Waals surface area (Å²) in [5.41, 5.74) is 5.58. The zero-order chi connectivity index (χ0) is 14.4. The van der Waals surface area contributed by atoms with Crippen molar-refractivity contribution in [2.45, 2.75) is 12.5 Å². The minimum absolute atomic E-state index is 0.391. The lowest BCUT2D eigenvalue weighted by atomic mass is 9.91. The number of aromatic nitrogens is 1. The predicted octanol–water partition coefficient (Wildman–Crippen LogP) is 3.89. The summed E-state index contributed by atoms with van der Waals surface area (Å²) < 4.78 is 1.00. The van der Waals surface area contributed by atoms with Crippen molar-refractivity contribution < 1.29 is 4.48 Å². The molecule has 2 heteroatoms. The van der Waals surface area contributed by atoms with E-state index >= 15 is 0 Å². The zero-order valence-corrected chi connectivity index (χ0v) is 12.6. The molecular formula is C19H21N2+. The largest absolute Gasteiger partial charge is 0.353 e. The monoisotopic (exact) mass is 277 g/mol. The van der Waals surface area contributed by atoms with Gasteiger partial charge >= 0.3 is 0 Å². The first-order chi connectivity index (χ1) is 10.2. The van der Waals surface area contributed by atoms with E-state index in [0.717, 1.165) is 10.9 Å². The molecule has 2 heterocycles. The summed E-state index contributed by atoms with van der Waals surface area (Å²) in [5.74, 6) is 0. The molecule has 1 aromatic heterocycles. The van der Waals surface area contributed by atoms with Gasteiger partial charge in [0.05, 0.1) is 26.3 Å². The van der Waals surface area contributed by atoms with Crippen molar-refractivity contribution in [3.05, 3.63) is 71.4 Å². The number of hydrogen-bond acceptors (Lipinski definition) is 0. The normalized spacial score (nSPS) is 20.4. The minimum Gasteiger partial charge on any atom is -0.353 e. The highest BCUT2D eigenvalue weighted by molar-refractivity contribution is 5.85. The molecule has 0 saturated heterocycles. The van der Waals surface area contributed by atoms with Gasteiger partial charge in [-0.3, -0.25) is 0 Å². The van der Waals surface area contributed by atoms with Gasteiger partial charge in [0.15, 0.2) is 6.04 Å². The van der Waals surface area contributed by atoms with Crippen LogP contribution in [-0.4, -0.2) is 30.1 Å². The Kier molecular flexibility index (Phi) is 2.69. The average Bonchev–Trinajstić information content (AvgIpc) is 2.85. The Balaban J connectivity index is 1.97. The fourth-order valence-electron chi connectivity index (χ4n) is 3.81. The SMILES string of the molecule is C[N+]1(C)CCc2c([nH]c3ccccc23)C1c1ccccc1. The first-order valence-electron chi connectivity index (χ1n) is 7.64. The average molecular weight is 277 g/mol. The van der Waals surface area contributed by atoms with Crippen molar-refractivity contribution in [3.8, 4) is 0 Å². The van der Waals surface area contributed by atoms with Crippen LogP contribution in [0.1, 0.15) is 22.9 Å². The Morgan fingerprint density at radius 2 is 1.67 bits per heavy atom. The maximum Gasteiger partial charge on any atom is 0.155 e. The van der Waals surface area contributed by atoms with Gasteiger partial charge < -0.3 is 9.47 Å². The molecular weight excluding hydrogens is 256 g/mol. The molecule has 1 N–H and O–H groups in total. The molecule has 0 aliphatic carbocycles. The Hall–Kier alpha value is -2.06. The van der Waals surface area contributed by atoms with Crippen molar-refractivity contribution >= 4 is 10.9 Å². The number of hydrogen-bond donors (Lipinski definition) is 1. The zero-order valence-electron chi connectivity index (χ0n) is 12.6. The number of quaternary nitrogens is 1. The number of likely N-dealkylation sites (N-methyl/N-ethyl adjacent to an activating group) is 1. The third-order valence-corrected chi connectivity index (χ3v) is 4.87. The number of nitrogens with zero attached hydrogens (tertiary/aromatic N) is 1. The molecule has 0 saturated carbocycles. The molecule has 1 aliphatic rings. The highest BCUT2D eigenvalue weighted by atomic mass is 15.3. The van der Waals surface area contributed by atoms with Crippen LogP contribution in [0.4, 0.5) is 0 Å². The lowest BCUT2D eigenvalue weighted by molar-refractivity contribution is -0.917. The predicted molar refractivity (Wildman–Crippen MR) is 87.3 cm³/mol. The summed E-state index contributed by atoms with van der Waals surface area (Å²) in [6.07, 6.45) is 1.15. The van der Waals surface area contributed by atoms with E-state index in [2.05, 4.69) is 73.7 Å². The molecule has 0 fully saturated rings. The van der Waals surface area contributed by atoms with Gasteiger partial charge in [0, 0.05) is 22.9 Å². The molecule has 2 nitrogen and oxygen atoms in total. The number of para-hydroxylation sites is 1. The van der Waals surface area contributed by atoms with Gasteiger partial charge in [0.25, 0.3) is 0 Å². The number of H-pyrrole nitrogens is 1. The maximum atomic E-state index is 3.70. The summed E-state index contributed by atoms with van der Waals surface area (Å²) in [5, 5.41) is 1.40. The van der Waals surface area contributed by atoms with Crippen molar-refractivity contribution in [3.63, 3.8) is 0 Å². The van der Waals surface area contributed by atoms with E-state index in [9.17, 15) is 0 Å². The van der Waals surface area contributed by atoms with Crippen LogP contribution in [0, 0.1) is 0 Å². The molecule has 0 amide bonds. The van der Waals surface area contributed by atoms with Gasteiger partial charge in [-0.2, -0.15) is 0 Å². The molecule has 1 aliphatic heterocycles. The van der Waals surface area contributed by atoms with Crippen LogP contribution in [0.15, 0.2) is 54.6 Å². The maximum absolute atomic E-state index is 3.70. The minimum atomic E-state index is 0.391. The van der Waals surface area contributed by atoms with Gasteiger partial charge in [-0.1, -0.05) is 48.5 Å². The topological polar surface area (TPSA) is 15.8 Å². The first kappa shape index (κ1) is 12.7. The van der Waals surface area contributed by atoms with Gasteiger partial charge in [-0.25, -0.2) is 0 Å². The molecule has 106 valence electrons. The fourth-order valence-corrected chi connectivity index (χ4v) is 3.81. The summed E-state index contributed by atoms with van der Waals surface area (Å²) >= 11 is 0. The van der Waals surface area contributed by atoms with Crippen molar-refractivity contribution in [2.75, 3.05) is 20.6 Å². The van der Waals surface area contributed by atoms with Crippen LogP contribution in [0.25, 0.3) is 10.9 Å². The van der Waals surface area contributed by atoms with Crippen molar-refractivity contribution in [1.29, 1.82) is 0 Å². The van der Waals surface area contributed by atoms with Gasteiger partial charge in [-0.15, -0.1) is 0 Å². The highest BCUT2D eigenvalue weighted by Gasteiger charge is 2.38. The smallest absolute Gasteiger partial charge is 0.155 e. The summed E-state index contributed by atoms with van der Waals surface area (Å²) in [6.45, 7) is 1.18. The third-order valence-electron chi connectivity index (χ3n) is 4.87. The highest BCUT2D eigenvalue weighted by Crippen LogP contribution is 2.40. The second kappa shape index (κ2) is 4.47.